The number of hydrogen-bond donors (Lipinski definition) is 5. The minimum Gasteiger partial charge on any atom is -0.508 e. The third kappa shape index (κ3) is 9.42. The number of para-hydroxylation sites is 1. The Bertz CT molecular complexity index is 2160. The van der Waals surface area contributed by atoms with E-state index in [0.29, 0.717) is 37.8 Å². The second-order valence-corrected chi connectivity index (χ2v) is 12.9. The maximum Gasteiger partial charge on any atom is 0.272 e. The van der Waals surface area contributed by atoms with E-state index in [2.05, 4.69) is 27.3 Å². The molecule has 0 aliphatic rings. The quantitative estimate of drug-likeness (QED) is 0.0677. The van der Waals surface area contributed by atoms with Gasteiger partial charge in [0.15, 0.2) is 0 Å². The minimum atomic E-state index is -0.626. The van der Waals surface area contributed by atoms with Crippen molar-refractivity contribution in [1.29, 1.82) is 5.26 Å². The van der Waals surface area contributed by atoms with Crippen LogP contribution in [-0.2, 0) is 9.59 Å². The average molecular weight is 718 g/mol. The van der Waals surface area contributed by atoms with Crippen molar-refractivity contribution in [3.63, 3.8) is 0 Å². The van der Waals surface area contributed by atoms with E-state index in [-0.39, 0.29) is 45.3 Å². The summed E-state index contributed by atoms with van der Waals surface area (Å²) in [4.78, 5) is 53.5. The summed E-state index contributed by atoms with van der Waals surface area (Å²) in [5, 5.41) is 30.9. The number of carbonyl (C=O) groups excluding carboxylic acids is 4. The monoisotopic (exact) mass is 717 g/mol. The summed E-state index contributed by atoms with van der Waals surface area (Å²) in [6.07, 6.45) is 1.44. The molecule has 0 aliphatic carbocycles. The number of phenols is 1. The number of anilines is 3. The maximum absolute atomic E-state index is 13.6. The fourth-order valence-corrected chi connectivity index (χ4v) is 6.58. The lowest BCUT2D eigenvalue weighted by Crippen LogP contribution is -2.30. The number of thioether (sulfide) groups is 1. The molecular formula is C38H31N5O6S2. The molecule has 0 radical (unpaired) electrons. The molecule has 0 saturated carbocycles. The molecule has 5 N–H and O–H groups in total. The predicted octanol–water partition coefficient (Wildman–Crippen LogP) is 7.04. The van der Waals surface area contributed by atoms with Gasteiger partial charge in [-0.2, -0.15) is 5.26 Å². The van der Waals surface area contributed by atoms with Crippen LogP contribution in [0, 0.1) is 18.3 Å². The summed E-state index contributed by atoms with van der Waals surface area (Å²) >= 11 is 2.23. The molecule has 13 heteroatoms. The number of methoxy groups -OCH3 is 1. The molecule has 256 valence electrons. The second-order valence-electron chi connectivity index (χ2n) is 10.8. The predicted molar refractivity (Wildman–Crippen MR) is 199 cm³/mol. The van der Waals surface area contributed by atoms with Gasteiger partial charge in [-0.25, -0.2) is 0 Å². The van der Waals surface area contributed by atoms with E-state index >= 15 is 0 Å². The van der Waals surface area contributed by atoms with Crippen LogP contribution in [-0.4, -0.2) is 41.6 Å². The van der Waals surface area contributed by atoms with Crippen molar-refractivity contribution in [3.05, 3.63) is 136 Å². The molecule has 0 aliphatic heterocycles. The van der Waals surface area contributed by atoms with Gasteiger partial charge in [0.25, 0.3) is 17.7 Å². The lowest BCUT2D eigenvalue weighted by atomic mass is 10.1. The van der Waals surface area contributed by atoms with Gasteiger partial charge in [-0.3, -0.25) is 19.2 Å². The molecule has 0 bridgehead atoms. The third-order valence-electron chi connectivity index (χ3n) is 7.26. The number of rotatable bonds is 12. The third-order valence-corrected chi connectivity index (χ3v) is 9.46. The van der Waals surface area contributed by atoms with Crippen molar-refractivity contribution < 1.29 is 29.0 Å². The molecule has 5 aromatic rings. The number of benzene rings is 4. The van der Waals surface area contributed by atoms with Crippen LogP contribution in [0.15, 0.2) is 114 Å². The van der Waals surface area contributed by atoms with Gasteiger partial charge in [-0.05, 0) is 73.2 Å². The normalized spacial score (nSPS) is 10.8. The first-order valence-electron chi connectivity index (χ1n) is 15.3. The van der Waals surface area contributed by atoms with E-state index in [1.165, 1.54) is 37.1 Å². The molecule has 5 rings (SSSR count). The molecule has 0 spiro atoms. The number of thiophene rings is 1. The van der Waals surface area contributed by atoms with Crippen LogP contribution in [0.5, 0.6) is 11.5 Å². The molecule has 0 fully saturated rings. The number of nitrogens with zero attached hydrogens (tertiary/aromatic N) is 1. The van der Waals surface area contributed by atoms with Crippen molar-refractivity contribution in [2.75, 3.05) is 28.8 Å². The minimum absolute atomic E-state index is 0.0241. The standard InChI is InChI=1S/C38H31N5O6S2/c1-23-30(21-39)38(51-34(23)37(48)40-26-12-7-4-8-13-26)43-33(45)22-50-29-15-9-14-27(19-29)41-36(47)31(42-35(46)24-10-5-3-6-11-24)18-25-16-17-28(44)20-32(25)49-2/h3-20,44H,22H2,1-2H3,(H,40,48)(H,41,47)(H,42,46)(H,43,45)/b31-18+. The van der Waals surface area contributed by atoms with Crippen LogP contribution in [0.25, 0.3) is 6.08 Å². The van der Waals surface area contributed by atoms with Crippen LogP contribution >= 0.6 is 23.1 Å². The number of phenolic OH excluding ortho intramolecular Hbond substituents is 1. The van der Waals surface area contributed by atoms with Gasteiger partial charge in [-0.15, -0.1) is 23.1 Å². The zero-order valence-corrected chi connectivity index (χ0v) is 29.0. The van der Waals surface area contributed by atoms with Gasteiger partial charge in [-0.1, -0.05) is 42.5 Å². The number of aromatic hydroxyl groups is 1. The average Bonchev–Trinajstić information content (AvgIpc) is 3.45. The summed E-state index contributed by atoms with van der Waals surface area (Å²) in [7, 11) is 1.42. The van der Waals surface area contributed by atoms with Gasteiger partial charge in [0.2, 0.25) is 5.91 Å². The Hall–Kier alpha value is -6.36. The Kier molecular flexibility index (Phi) is 11.9. The van der Waals surface area contributed by atoms with E-state index in [1.54, 1.807) is 91.9 Å². The zero-order valence-electron chi connectivity index (χ0n) is 27.4. The zero-order chi connectivity index (χ0) is 36.3. The highest BCUT2D eigenvalue weighted by atomic mass is 32.2. The highest BCUT2D eigenvalue weighted by Crippen LogP contribution is 2.34. The number of nitrogens with one attached hydrogen (secondary N) is 4. The van der Waals surface area contributed by atoms with Crippen molar-refractivity contribution in [2.24, 2.45) is 0 Å². The first kappa shape index (κ1) is 35.9. The summed E-state index contributed by atoms with van der Waals surface area (Å²) in [5.74, 6) is -1.67. The fraction of sp³-hybridized carbons (Fsp3) is 0.0789. The molecule has 0 unspecified atom stereocenters. The second kappa shape index (κ2) is 16.8. The van der Waals surface area contributed by atoms with E-state index in [1.807, 2.05) is 6.07 Å². The topological polar surface area (TPSA) is 170 Å². The summed E-state index contributed by atoms with van der Waals surface area (Å²) in [6, 6.07) is 30.6. The van der Waals surface area contributed by atoms with Crippen LogP contribution in [0.1, 0.15) is 36.7 Å². The SMILES string of the molecule is COc1cc(O)ccc1/C=C(/NC(=O)c1ccccc1)C(=O)Nc1cccc(SCC(=O)Nc2sc(C(=O)Nc3ccccc3)c(C)c2C#N)c1. The largest absolute Gasteiger partial charge is 0.508 e. The Labute approximate surface area is 302 Å². The smallest absolute Gasteiger partial charge is 0.272 e. The van der Waals surface area contributed by atoms with E-state index in [0.717, 1.165) is 11.3 Å². The Balaban J connectivity index is 1.27. The Morgan fingerprint density at radius 1 is 0.863 bits per heavy atom. The molecule has 0 atom stereocenters. The van der Waals surface area contributed by atoms with Gasteiger partial charge in [0.05, 0.1) is 23.3 Å². The summed E-state index contributed by atoms with van der Waals surface area (Å²) < 4.78 is 5.35. The van der Waals surface area contributed by atoms with E-state index < -0.39 is 11.8 Å². The lowest BCUT2D eigenvalue weighted by molar-refractivity contribution is -0.114. The van der Waals surface area contributed by atoms with Crippen molar-refractivity contribution in [3.8, 4) is 17.6 Å². The van der Waals surface area contributed by atoms with E-state index in [9.17, 15) is 29.5 Å². The molecule has 51 heavy (non-hydrogen) atoms. The maximum atomic E-state index is 13.6. The van der Waals surface area contributed by atoms with Crippen molar-refractivity contribution in [1.82, 2.24) is 5.32 Å². The summed E-state index contributed by atoms with van der Waals surface area (Å²) in [5.41, 5.74) is 2.40. The summed E-state index contributed by atoms with van der Waals surface area (Å²) in [6.45, 7) is 1.66. The first-order chi connectivity index (χ1) is 24.6. The van der Waals surface area contributed by atoms with Crippen LogP contribution < -0.4 is 26.0 Å². The number of amides is 4. The van der Waals surface area contributed by atoms with Crippen LogP contribution in [0.3, 0.4) is 0 Å². The van der Waals surface area contributed by atoms with Gasteiger partial charge < -0.3 is 31.1 Å². The van der Waals surface area contributed by atoms with E-state index in [4.69, 9.17) is 4.74 Å². The lowest BCUT2D eigenvalue weighted by Gasteiger charge is -2.13. The molecule has 1 aromatic heterocycles. The molecule has 0 saturated heterocycles. The molecule has 1 heterocycles. The molecule has 11 nitrogen and oxygen atoms in total. The van der Waals surface area contributed by atoms with Crippen molar-refractivity contribution >= 4 is 69.2 Å². The van der Waals surface area contributed by atoms with Crippen LogP contribution in [0.2, 0.25) is 0 Å². The number of hydrogen-bond acceptors (Lipinski definition) is 9. The fourth-order valence-electron chi connectivity index (χ4n) is 4.75. The Morgan fingerprint density at radius 2 is 1.57 bits per heavy atom. The van der Waals surface area contributed by atoms with Crippen molar-refractivity contribution in [2.45, 2.75) is 11.8 Å². The number of carbonyl (C=O) groups is 4. The highest BCUT2D eigenvalue weighted by Gasteiger charge is 2.22. The number of nitriles is 1. The molecular weight excluding hydrogens is 687 g/mol. The molecule has 4 amide bonds. The number of ether oxygens (including phenoxy) is 1. The molecule has 4 aromatic carbocycles. The van der Waals surface area contributed by atoms with Gasteiger partial charge in [0, 0.05) is 33.5 Å². The Morgan fingerprint density at radius 3 is 2.27 bits per heavy atom. The van der Waals surface area contributed by atoms with Gasteiger partial charge >= 0.3 is 0 Å². The highest BCUT2D eigenvalue weighted by molar-refractivity contribution is 8.00. The first-order valence-corrected chi connectivity index (χ1v) is 17.1. The van der Waals surface area contributed by atoms with Crippen LogP contribution in [0.4, 0.5) is 16.4 Å². The van der Waals surface area contributed by atoms with Gasteiger partial charge in [0.1, 0.15) is 28.3 Å².